The normalized spacial score (nSPS) is 14.4. The maximum Gasteiger partial charge on any atom is 0.0628 e. The molecule has 0 saturated carbocycles. The molecule has 14 heavy (non-hydrogen) atoms. The van der Waals surface area contributed by atoms with Crippen LogP contribution in [0.5, 0.6) is 0 Å². The van der Waals surface area contributed by atoms with Crippen LogP contribution in [0.1, 0.15) is 38.3 Å². The second-order valence-corrected chi connectivity index (χ2v) is 3.61. The van der Waals surface area contributed by atoms with Crippen molar-refractivity contribution >= 4 is 0 Å². The third kappa shape index (κ3) is 2.56. The van der Waals surface area contributed by atoms with Gasteiger partial charge in [-0.05, 0) is 18.1 Å². The summed E-state index contributed by atoms with van der Waals surface area (Å²) in [4.78, 5) is 4.32. The lowest BCUT2D eigenvalue weighted by Gasteiger charge is -2.19. The third-order valence-electron chi connectivity index (χ3n) is 2.71. The molecule has 1 aromatic heterocycles. The fourth-order valence-electron chi connectivity index (χ4n) is 1.58. The van der Waals surface area contributed by atoms with E-state index < -0.39 is 0 Å². The average Bonchev–Trinajstić information content (AvgIpc) is 2.26. The van der Waals surface area contributed by atoms with E-state index in [1.165, 1.54) is 0 Å². The minimum absolute atomic E-state index is 0.284. The number of pyridine rings is 1. The van der Waals surface area contributed by atoms with Crippen LogP contribution in [0.4, 0.5) is 0 Å². The van der Waals surface area contributed by atoms with Crippen LogP contribution in [0.15, 0.2) is 24.4 Å². The van der Waals surface area contributed by atoms with Gasteiger partial charge in [0.2, 0.25) is 0 Å². The van der Waals surface area contributed by atoms with Gasteiger partial charge in [-0.1, -0.05) is 26.3 Å². The summed E-state index contributed by atoms with van der Waals surface area (Å²) < 4.78 is 0. The predicted octanol–water partition coefficient (Wildman–Crippen LogP) is 3.12. The first-order valence-corrected chi connectivity index (χ1v) is 5.07. The van der Waals surface area contributed by atoms with Crippen molar-refractivity contribution in [1.29, 1.82) is 5.26 Å². The minimum Gasteiger partial charge on any atom is -0.261 e. The third-order valence-corrected chi connectivity index (χ3v) is 2.71. The smallest absolute Gasteiger partial charge is 0.0628 e. The fourth-order valence-corrected chi connectivity index (χ4v) is 1.58. The topological polar surface area (TPSA) is 36.7 Å². The Morgan fingerprint density at radius 2 is 2.29 bits per heavy atom. The molecule has 1 aromatic rings. The molecule has 0 saturated heterocycles. The molecule has 74 valence electrons. The lowest BCUT2D eigenvalue weighted by atomic mass is 9.86. The van der Waals surface area contributed by atoms with E-state index in [-0.39, 0.29) is 5.92 Å². The van der Waals surface area contributed by atoms with Crippen molar-refractivity contribution in [3.63, 3.8) is 0 Å². The Balaban J connectivity index is 2.84. The zero-order chi connectivity index (χ0) is 10.4. The molecule has 2 heteroatoms. The van der Waals surface area contributed by atoms with Crippen LogP contribution in [0.2, 0.25) is 0 Å². The van der Waals surface area contributed by atoms with Crippen molar-refractivity contribution in [2.45, 2.75) is 32.6 Å². The quantitative estimate of drug-likeness (QED) is 0.727. The molecule has 0 bridgehead atoms. The minimum atomic E-state index is 0.284. The molecule has 0 spiro atoms. The molecule has 0 radical (unpaired) electrons. The monoisotopic (exact) mass is 188 g/mol. The number of rotatable bonds is 4. The highest BCUT2D eigenvalue weighted by Crippen LogP contribution is 2.27. The van der Waals surface area contributed by atoms with Gasteiger partial charge in [0.1, 0.15) is 0 Å². The summed E-state index contributed by atoms with van der Waals surface area (Å²) >= 11 is 0. The Labute approximate surface area is 85.6 Å². The molecular weight excluding hydrogens is 172 g/mol. The SMILES string of the molecule is CCC(C)C(CC#N)c1ccccn1. The van der Waals surface area contributed by atoms with E-state index in [1.54, 1.807) is 6.20 Å². The van der Waals surface area contributed by atoms with Gasteiger partial charge in [0, 0.05) is 24.2 Å². The van der Waals surface area contributed by atoms with Crippen molar-refractivity contribution in [3.8, 4) is 6.07 Å². The summed E-state index contributed by atoms with van der Waals surface area (Å²) in [6.07, 6.45) is 3.44. The molecule has 0 amide bonds. The molecular formula is C12H16N2. The molecule has 2 unspecified atom stereocenters. The molecule has 0 aliphatic heterocycles. The van der Waals surface area contributed by atoms with E-state index in [2.05, 4.69) is 24.9 Å². The van der Waals surface area contributed by atoms with E-state index in [0.717, 1.165) is 12.1 Å². The highest BCUT2D eigenvalue weighted by Gasteiger charge is 2.18. The fraction of sp³-hybridized carbons (Fsp3) is 0.500. The largest absolute Gasteiger partial charge is 0.261 e. The summed E-state index contributed by atoms with van der Waals surface area (Å²) in [7, 11) is 0. The van der Waals surface area contributed by atoms with Crippen molar-refractivity contribution in [3.05, 3.63) is 30.1 Å². The highest BCUT2D eigenvalue weighted by atomic mass is 14.7. The number of aromatic nitrogens is 1. The Morgan fingerprint density at radius 1 is 1.50 bits per heavy atom. The molecule has 0 aliphatic carbocycles. The van der Waals surface area contributed by atoms with E-state index >= 15 is 0 Å². The molecule has 2 nitrogen and oxygen atoms in total. The van der Waals surface area contributed by atoms with Gasteiger partial charge < -0.3 is 0 Å². The van der Waals surface area contributed by atoms with Crippen LogP contribution >= 0.6 is 0 Å². The molecule has 0 fully saturated rings. The Kier molecular flexibility index (Phi) is 4.12. The predicted molar refractivity (Wildman–Crippen MR) is 56.7 cm³/mol. The summed E-state index contributed by atoms with van der Waals surface area (Å²) in [5.74, 6) is 0.802. The Hall–Kier alpha value is -1.36. The first kappa shape index (κ1) is 10.7. The second-order valence-electron chi connectivity index (χ2n) is 3.61. The van der Waals surface area contributed by atoms with Crippen LogP contribution in [0.3, 0.4) is 0 Å². The van der Waals surface area contributed by atoms with E-state index in [4.69, 9.17) is 5.26 Å². The lowest BCUT2D eigenvalue weighted by molar-refractivity contribution is 0.442. The number of hydrogen-bond donors (Lipinski definition) is 0. The van der Waals surface area contributed by atoms with Crippen molar-refractivity contribution in [2.75, 3.05) is 0 Å². The lowest BCUT2D eigenvalue weighted by Crippen LogP contribution is -2.10. The van der Waals surface area contributed by atoms with Gasteiger partial charge in [-0.2, -0.15) is 5.26 Å². The molecule has 0 N–H and O–H groups in total. The van der Waals surface area contributed by atoms with Crippen molar-refractivity contribution in [1.82, 2.24) is 4.98 Å². The van der Waals surface area contributed by atoms with Gasteiger partial charge in [-0.3, -0.25) is 4.98 Å². The van der Waals surface area contributed by atoms with Crippen LogP contribution in [-0.4, -0.2) is 4.98 Å². The number of nitriles is 1. The number of hydrogen-bond acceptors (Lipinski definition) is 2. The van der Waals surface area contributed by atoms with Crippen LogP contribution < -0.4 is 0 Å². The molecule has 2 atom stereocenters. The van der Waals surface area contributed by atoms with E-state index in [9.17, 15) is 0 Å². The maximum absolute atomic E-state index is 8.76. The zero-order valence-corrected chi connectivity index (χ0v) is 8.77. The molecule has 0 aliphatic rings. The molecule has 1 heterocycles. The maximum atomic E-state index is 8.76. The molecule has 1 rings (SSSR count). The van der Waals surface area contributed by atoms with Gasteiger partial charge in [-0.25, -0.2) is 0 Å². The standard InChI is InChI=1S/C12H16N2/c1-3-10(2)11(7-8-13)12-6-4-5-9-14-12/h4-6,9-11H,3,7H2,1-2H3. The van der Waals surface area contributed by atoms with E-state index in [0.29, 0.717) is 12.3 Å². The Morgan fingerprint density at radius 3 is 2.79 bits per heavy atom. The summed E-state index contributed by atoms with van der Waals surface area (Å²) in [5, 5.41) is 8.76. The van der Waals surface area contributed by atoms with Crippen LogP contribution in [0, 0.1) is 17.2 Å². The van der Waals surface area contributed by atoms with Gasteiger partial charge >= 0.3 is 0 Å². The summed E-state index contributed by atoms with van der Waals surface area (Å²) in [6, 6.07) is 8.14. The highest BCUT2D eigenvalue weighted by molar-refractivity contribution is 5.12. The van der Waals surface area contributed by atoms with Gasteiger partial charge in [0.15, 0.2) is 0 Å². The first-order chi connectivity index (χ1) is 6.79. The Bertz CT molecular complexity index is 300. The number of nitrogens with zero attached hydrogens (tertiary/aromatic N) is 2. The van der Waals surface area contributed by atoms with Crippen molar-refractivity contribution < 1.29 is 0 Å². The first-order valence-electron chi connectivity index (χ1n) is 5.07. The molecule has 0 aromatic carbocycles. The van der Waals surface area contributed by atoms with Gasteiger partial charge in [-0.15, -0.1) is 0 Å². The van der Waals surface area contributed by atoms with E-state index in [1.807, 2.05) is 18.2 Å². The van der Waals surface area contributed by atoms with Crippen molar-refractivity contribution in [2.24, 2.45) is 5.92 Å². The summed E-state index contributed by atoms with van der Waals surface area (Å²) in [6.45, 7) is 4.33. The second kappa shape index (κ2) is 5.39. The van der Waals surface area contributed by atoms with Crippen LogP contribution in [-0.2, 0) is 0 Å². The van der Waals surface area contributed by atoms with Gasteiger partial charge in [0.25, 0.3) is 0 Å². The van der Waals surface area contributed by atoms with Crippen LogP contribution in [0.25, 0.3) is 0 Å². The van der Waals surface area contributed by atoms with Gasteiger partial charge in [0.05, 0.1) is 6.07 Å². The average molecular weight is 188 g/mol. The summed E-state index contributed by atoms with van der Waals surface area (Å²) in [5.41, 5.74) is 1.04. The zero-order valence-electron chi connectivity index (χ0n) is 8.77.